The third-order valence-corrected chi connectivity index (χ3v) is 4.78. The highest BCUT2D eigenvalue weighted by Gasteiger charge is 2.16. The first kappa shape index (κ1) is 19.3. The molecule has 0 aliphatic carbocycles. The SMILES string of the molecule is CCOc1cccc(-n2cc(C(=O)Cc3ccc([C@H]4CNCCO4)cc3)cn2)n1. The van der Waals surface area contributed by atoms with E-state index in [0.717, 1.165) is 30.8 Å². The normalized spacial score (nSPS) is 16.5. The largest absolute Gasteiger partial charge is 0.478 e. The number of nitrogens with zero attached hydrogens (tertiary/aromatic N) is 3. The molecule has 1 aliphatic heterocycles. The highest BCUT2D eigenvalue weighted by atomic mass is 16.5. The lowest BCUT2D eigenvalue weighted by Crippen LogP contribution is -2.33. The molecule has 1 N–H and O–H groups in total. The zero-order chi connectivity index (χ0) is 20.1. The Morgan fingerprint density at radius 2 is 2.14 bits per heavy atom. The monoisotopic (exact) mass is 392 g/mol. The Morgan fingerprint density at radius 1 is 1.28 bits per heavy atom. The van der Waals surface area contributed by atoms with Gasteiger partial charge < -0.3 is 14.8 Å². The first-order chi connectivity index (χ1) is 14.2. The van der Waals surface area contributed by atoms with Crippen LogP contribution >= 0.6 is 0 Å². The number of nitrogens with one attached hydrogen (secondary N) is 1. The molecule has 0 radical (unpaired) electrons. The molecule has 7 heteroatoms. The second kappa shape index (κ2) is 8.98. The highest BCUT2D eigenvalue weighted by molar-refractivity contribution is 5.97. The summed E-state index contributed by atoms with van der Waals surface area (Å²) in [5.74, 6) is 1.16. The first-order valence-corrected chi connectivity index (χ1v) is 9.82. The van der Waals surface area contributed by atoms with Gasteiger partial charge in [-0.05, 0) is 24.1 Å². The fourth-order valence-electron chi connectivity index (χ4n) is 3.27. The van der Waals surface area contributed by atoms with Crippen molar-refractivity contribution in [2.75, 3.05) is 26.3 Å². The van der Waals surface area contributed by atoms with Crippen LogP contribution in [0.5, 0.6) is 5.88 Å². The zero-order valence-electron chi connectivity index (χ0n) is 16.4. The number of benzene rings is 1. The summed E-state index contributed by atoms with van der Waals surface area (Å²) in [6.45, 7) is 4.88. The van der Waals surface area contributed by atoms with Crippen molar-refractivity contribution in [1.29, 1.82) is 0 Å². The summed E-state index contributed by atoms with van der Waals surface area (Å²) >= 11 is 0. The predicted octanol–water partition coefficient (Wildman–Crippen LogP) is 2.75. The minimum atomic E-state index is 0.0144. The molecular formula is C22H24N4O3. The topological polar surface area (TPSA) is 78.3 Å². The summed E-state index contributed by atoms with van der Waals surface area (Å²) in [6, 6.07) is 13.5. The third kappa shape index (κ3) is 4.70. The van der Waals surface area contributed by atoms with Gasteiger partial charge in [0.25, 0.3) is 0 Å². The molecule has 2 aromatic heterocycles. The van der Waals surface area contributed by atoms with E-state index in [0.29, 0.717) is 30.3 Å². The highest BCUT2D eigenvalue weighted by Crippen LogP contribution is 2.20. The van der Waals surface area contributed by atoms with E-state index >= 15 is 0 Å². The van der Waals surface area contributed by atoms with Crippen LogP contribution in [0.15, 0.2) is 54.9 Å². The minimum absolute atomic E-state index is 0.0144. The molecule has 0 bridgehead atoms. The van der Waals surface area contributed by atoms with E-state index < -0.39 is 0 Å². The molecule has 7 nitrogen and oxygen atoms in total. The van der Waals surface area contributed by atoms with Crippen molar-refractivity contribution in [1.82, 2.24) is 20.1 Å². The summed E-state index contributed by atoms with van der Waals surface area (Å²) in [5.41, 5.74) is 2.64. The number of Topliss-reactive ketones (excluding diaryl/α,β-unsaturated/α-hetero) is 1. The Morgan fingerprint density at radius 3 is 2.90 bits per heavy atom. The first-order valence-electron chi connectivity index (χ1n) is 9.82. The van der Waals surface area contributed by atoms with Gasteiger partial charge in [-0.2, -0.15) is 10.1 Å². The molecule has 4 rings (SSSR count). The number of hydrogen-bond acceptors (Lipinski definition) is 6. The third-order valence-electron chi connectivity index (χ3n) is 4.78. The van der Waals surface area contributed by atoms with Crippen molar-refractivity contribution in [2.45, 2.75) is 19.4 Å². The van der Waals surface area contributed by atoms with Crippen molar-refractivity contribution >= 4 is 5.78 Å². The molecule has 1 atom stereocenters. The van der Waals surface area contributed by atoms with E-state index in [2.05, 4.69) is 15.4 Å². The average molecular weight is 392 g/mol. The molecule has 0 amide bonds. The molecule has 1 fully saturated rings. The van der Waals surface area contributed by atoms with Crippen LogP contribution in [0, 0.1) is 0 Å². The van der Waals surface area contributed by atoms with Crippen LogP contribution in [0.1, 0.15) is 34.5 Å². The van der Waals surface area contributed by atoms with Gasteiger partial charge in [-0.3, -0.25) is 4.79 Å². The van der Waals surface area contributed by atoms with Crippen LogP contribution < -0.4 is 10.1 Å². The zero-order valence-corrected chi connectivity index (χ0v) is 16.4. The number of rotatable bonds is 7. The number of aromatic nitrogens is 3. The van der Waals surface area contributed by atoms with E-state index in [1.165, 1.54) is 0 Å². The van der Waals surface area contributed by atoms with Crippen LogP contribution in [-0.4, -0.2) is 46.9 Å². The van der Waals surface area contributed by atoms with Crippen LogP contribution in [0.3, 0.4) is 0 Å². The summed E-state index contributed by atoms with van der Waals surface area (Å²) in [4.78, 5) is 17.1. The predicted molar refractivity (Wildman–Crippen MR) is 109 cm³/mol. The lowest BCUT2D eigenvalue weighted by Gasteiger charge is -2.24. The fraction of sp³-hybridized carbons (Fsp3) is 0.318. The average Bonchev–Trinajstić information content (AvgIpc) is 3.26. The maximum Gasteiger partial charge on any atom is 0.215 e. The maximum absolute atomic E-state index is 12.7. The molecule has 1 aromatic carbocycles. The Bertz CT molecular complexity index is 962. The van der Waals surface area contributed by atoms with Crippen molar-refractivity contribution in [3.8, 4) is 11.7 Å². The second-order valence-electron chi connectivity index (χ2n) is 6.85. The van der Waals surface area contributed by atoms with Gasteiger partial charge in [0.05, 0.1) is 31.1 Å². The van der Waals surface area contributed by atoms with E-state index in [-0.39, 0.29) is 11.9 Å². The van der Waals surface area contributed by atoms with E-state index in [1.54, 1.807) is 23.1 Å². The standard InChI is InChI=1S/C22H24N4O3/c1-2-28-22-5-3-4-21(25-22)26-15-18(13-24-26)19(27)12-16-6-8-17(9-7-16)20-14-23-10-11-29-20/h3-9,13,15,20,23H,2,10-12,14H2,1H3/t20-/m1/s1. The van der Waals surface area contributed by atoms with Gasteiger partial charge in [0.1, 0.15) is 0 Å². The Labute approximate surface area is 169 Å². The second-order valence-corrected chi connectivity index (χ2v) is 6.85. The number of pyridine rings is 1. The van der Waals surface area contributed by atoms with Gasteiger partial charge in [-0.1, -0.05) is 30.3 Å². The summed E-state index contributed by atoms with van der Waals surface area (Å²) in [6.07, 6.45) is 3.68. The van der Waals surface area contributed by atoms with Gasteiger partial charge in [0.15, 0.2) is 11.6 Å². The minimum Gasteiger partial charge on any atom is -0.478 e. The molecule has 3 aromatic rings. The number of ether oxygens (including phenoxy) is 2. The fourth-order valence-corrected chi connectivity index (χ4v) is 3.27. The van der Waals surface area contributed by atoms with Crippen LogP contribution in [-0.2, 0) is 11.2 Å². The van der Waals surface area contributed by atoms with E-state index in [1.807, 2.05) is 43.3 Å². The Kier molecular flexibility index (Phi) is 5.97. The van der Waals surface area contributed by atoms with Crippen LogP contribution in [0.4, 0.5) is 0 Å². The number of carbonyl (C=O) groups is 1. The van der Waals surface area contributed by atoms with Gasteiger partial charge in [0.2, 0.25) is 5.88 Å². The van der Waals surface area contributed by atoms with Gasteiger partial charge in [-0.25, -0.2) is 4.68 Å². The summed E-state index contributed by atoms with van der Waals surface area (Å²) in [5, 5.41) is 7.61. The Balaban J connectivity index is 1.42. The molecule has 1 saturated heterocycles. The van der Waals surface area contributed by atoms with Crippen molar-refractivity contribution in [3.05, 3.63) is 71.5 Å². The number of carbonyl (C=O) groups excluding carboxylic acids is 1. The molecule has 0 spiro atoms. The molecular weight excluding hydrogens is 368 g/mol. The number of hydrogen-bond donors (Lipinski definition) is 1. The lowest BCUT2D eigenvalue weighted by atomic mass is 10.0. The van der Waals surface area contributed by atoms with Crippen molar-refractivity contribution in [3.63, 3.8) is 0 Å². The van der Waals surface area contributed by atoms with Gasteiger partial charge >= 0.3 is 0 Å². The molecule has 3 heterocycles. The van der Waals surface area contributed by atoms with Crippen LogP contribution in [0.25, 0.3) is 5.82 Å². The lowest BCUT2D eigenvalue weighted by molar-refractivity contribution is 0.0277. The number of morpholine rings is 1. The van der Waals surface area contributed by atoms with Gasteiger partial charge in [0, 0.05) is 31.8 Å². The van der Waals surface area contributed by atoms with Crippen LogP contribution in [0.2, 0.25) is 0 Å². The summed E-state index contributed by atoms with van der Waals surface area (Å²) in [7, 11) is 0. The Hall–Kier alpha value is -3.03. The van der Waals surface area contributed by atoms with E-state index in [9.17, 15) is 4.79 Å². The maximum atomic E-state index is 12.7. The number of ketones is 1. The molecule has 0 saturated carbocycles. The van der Waals surface area contributed by atoms with Gasteiger partial charge in [-0.15, -0.1) is 0 Å². The van der Waals surface area contributed by atoms with Crippen molar-refractivity contribution < 1.29 is 14.3 Å². The molecule has 29 heavy (non-hydrogen) atoms. The van der Waals surface area contributed by atoms with Crippen molar-refractivity contribution in [2.24, 2.45) is 0 Å². The van der Waals surface area contributed by atoms with E-state index in [4.69, 9.17) is 9.47 Å². The summed E-state index contributed by atoms with van der Waals surface area (Å²) < 4.78 is 12.8. The molecule has 0 unspecified atom stereocenters. The smallest absolute Gasteiger partial charge is 0.215 e. The molecule has 150 valence electrons. The molecule has 1 aliphatic rings. The quantitative estimate of drug-likeness (QED) is 0.623.